The normalized spacial score (nSPS) is 10.4. The van der Waals surface area contributed by atoms with E-state index < -0.39 is 0 Å². The maximum absolute atomic E-state index is 12.1. The number of ether oxygens (including phenoxy) is 3. The number of aromatic amines is 1. The number of nitrogens with one attached hydrogen (secondary N) is 2. The highest BCUT2D eigenvalue weighted by Gasteiger charge is 2.17. The van der Waals surface area contributed by atoms with Crippen LogP contribution in [0.5, 0.6) is 17.2 Å². The lowest BCUT2D eigenvalue weighted by Gasteiger charge is -2.15. The topological polar surface area (TPSA) is 72.6 Å². The second-order valence-electron chi connectivity index (χ2n) is 4.64. The van der Waals surface area contributed by atoms with E-state index in [0.29, 0.717) is 35.1 Å². The van der Waals surface area contributed by atoms with Crippen LogP contribution in [0.4, 0.5) is 0 Å². The van der Waals surface area contributed by atoms with Crippen LogP contribution in [0.1, 0.15) is 5.56 Å². The number of hydrogen-bond acceptors (Lipinski definition) is 5. The number of pyridine rings is 1. The molecule has 0 radical (unpaired) electrons. The second-order valence-corrected chi connectivity index (χ2v) is 4.64. The summed E-state index contributed by atoms with van der Waals surface area (Å²) in [5.74, 6) is 1.57. The predicted molar refractivity (Wildman–Crippen MR) is 84.9 cm³/mol. The van der Waals surface area contributed by atoms with E-state index in [1.165, 1.54) is 0 Å². The van der Waals surface area contributed by atoms with Crippen LogP contribution < -0.4 is 25.1 Å². The summed E-state index contributed by atoms with van der Waals surface area (Å²) in [5, 5.41) is 2.96. The summed E-state index contributed by atoms with van der Waals surface area (Å²) in [6.45, 7) is 0.513. The van der Waals surface area contributed by atoms with Crippen molar-refractivity contribution in [3.63, 3.8) is 0 Å². The van der Waals surface area contributed by atoms with E-state index in [4.69, 9.17) is 14.2 Å². The van der Waals surface area contributed by atoms with E-state index in [0.717, 1.165) is 5.56 Å². The molecule has 6 nitrogen and oxygen atoms in total. The van der Waals surface area contributed by atoms with Gasteiger partial charge in [-0.15, -0.1) is 0 Å². The molecule has 0 aliphatic heterocycles. The molecule has 2 rings (SSSR count). The summed E-state index contributed by atoms with van der Waals surface area (Å²) >= 11 is 0. The Bertz CT molecular complexity index is 710. The first-order valence-corrected chi connectivity index (χ1v) is 6.82. The van der Waals surface area contributed by atoms with Crippen LogP contribution >= 0.6 is 0 Å². The van der Waals surface area contributed by atoms with Crippen molar-refractivity contribution in [3.05, 3.63) is 40.2 Å². The minimum atomic E-state index is -0.135. The van der Waals surface area contributed by atoms with Crippen LogP contribution in [0.25, 0.3) is 11.3 Å². The van der Waals surface area contributed by atoms with Crippen molar-refractivity contribution in [2.75, 3.05) is 28.4 Å². The van der Waals surface area contributed by atoms with Gasteiger partial charge in [0.1, 0.15) is 0 Å². The number of aromatic nitrogens is 1. The fourth-order valence-corrected chi connectivity index (χ4v) is 2.30. The first kappa shape index (κ1) is 15.9. The quantitative estimate of drug-likeness (QED) is 0.851. The third-order valence-corrected chi connectivity index (χ3v) is 3.35. The summed E-state index contributed by atoms with van der Waals surface area (Å²) in [4.78, 5) is 15.0. The molecule has 0 aliphatic rings. The van der Waals surface area contributed by atoms with Crippen molar-refractivity contribution >= 4 is 0 Å². The molecule has 2 N–H and O–H groups in total. The van der Waals surface area contributed by atoms with Gasteiger partial charge in [-0.1, -0.05) is 6.07 Å². The van der Waals surface area contributed by atoms with Gasteiger partial charge in [-0.05, 0) is 25.2 Å². The maximum Gasteiger partial charge on any atom is 0.252 e. The predicted octanol–water partition coefficient (Wildman–Crippen LogP) is 1.79. The molecule has 22 heavy (non-hydrogen) atoms. The molecule has 0 saturated carbocycles. The Morgan fingerprint density at radius 3 is 2.27 bits per heavy atom. The van der Waals surface area contributed by atoms with Crippen LogP contribution in [0.2, 0.25) is 0 Å². The molecule has 0 saturated heterocycles. The van der Waals surface area contributed by atoms with Gasteiger partial charge >= 0.3 is 0 Å². The van der Waals surface area contributed by atoms with Crippen molar-refractivity contribution in [1.29, 1.82) is 0 Å². The molecule has 0 bridgehead atoms. The Hall–Kier alpha value is -2.47. The van der Waals surface area contributed by atoms with E-state index >= 15 is 0 Å². The first-order chi connectivity index (χ1) is 10.7. The number of rotatable bonds is 6. The van der Waals surface area contributed by atoms with Gasteiger partial charge in [0.15, 0.2) is 11.5 Å². The fraction of sp³-hybridized carbons (Fsp3) is 0.312. The third-order valence-electron chi connectivity index (χ3n) is 3.35. The number of H-pyrrole nitrogens is 1. The van der Waals surface area contributed by atoms with Crippen LogP contribution in [0, 0.1) is 0 Å². The van der Waals surface area contributed by atoms with E-state index in [1.807, 2.05) is 12.1 Å². The minimum Gasteiger partial charge on any atom is -0.493 e. The lowest BCUT2D eigenvalue weighted by atomic mass is 10.1. The Morgan fingerprint density at radius 1 is 1.00 bits per heavy atom. The van der Waals surface area contributed by atoms with Gasteiger partial charge in [-0.2, -0.15) is 0 Å². The van der Waals surface area contributed by atoms with Gasteiger partial charge in [-0.3, -0.25) is 4.79 Å². The van der Waals surface area contributed by atoms with Crippen LogP contribution in [-0.2, 0) is 6.54 Å². The molecular weight excluding hydrogens is 284 g/mol. The zero-order valence-electron chi connectivity index (χ0n) is 13.1. The van der Waals surface area contributed by atoms with Gasteiger partial charge in [0.2, 0.25) is 5.75 Å². The summed E-state index contributed by atoms with van der Waals surface area (Å²) < 4.78 is 16.1. The first-order valence-electron chi connectivity index (χ1n) is 6.82. The summed E-state index contributed by atoms with van der Waals surface area (Å²) in [7, 11) is 6.45. The van der Waals surface area contributed by atoms with Crippen molar-refractivity contribution in [2.24, 2.45) is 0 Å². The molecule has 118 valence electrons. The number of methoxy groups -OCH3 is 3. The third kappa shape index (κ3) is 2.92. The van der Waals surface area contributed by atoms with E-state index in [9.17, 15) is 4.79 Å². The molecule has 2 aromatic rings. The van der Waals surface area contributed by atoms with Crippen molar-refractivity contribution in [3.8, 4) is 28.5 Å². The Labute approximate surface area is 129 Å². The zero-order chi connectivity index (χ0) is 16.1. The van der Waals surface area contributed by atoms with E-state index in [1.54, 1.807) is 40.5 Å². The average molecular weight is 304 g/mol. The second kappa shape index (κ2) is 7.00. The summed E-state index contributed by atoms with van der Waals surface area (Å²) in [5.41, 5.74) is 1.92. The minimum absolute atomic E-state index is 0.135. The summed E-state index contributed by atoms with van der Waals surface area (Å²) in [6.07, 6.45) is 0. The molecule has 1 aromatic heterocycles. The molecular formula is C16H20N2O4. The maximum atomic E-state index is 12.1. The van der Waals surface area contributed by atoms with Gasteiger partial charge < -0.3 is 24.5 Å². The molecule has 0 atom stereocenters. The van der Waals surface area contributed by atoms with Crippen LogP contribution in [-0.4, -0.2) is 33.4 Å². The van der Waals surface area contributed by atoms with Gasteiger partial charge in [-0.25, -0.2) is 0 Å². The standard InChI is InChI=1S/C16H20N2O4/c1-17-9-10-5-7-12(18-16(10)19)11-6-8-13(20-2)15(22-4)14(11)21-3/h5-8,17H,9H2,1-4H3,(H,18,19). The van der Waals surface area contributed by atoms with Crippen molar-refractivity contribution < 1.29 is 14.2 Å². The van der Waals surface area contributed by atoms with E-state index in [2.05, 4.69) is 10.3 Å². The molecule has 0 aliphatic carbocycles. The Balaban J connectivity index is 2.57. The summed E-state index contributed by atoms with van der Waals surface area (Å²) in [6, 6.07) is 7.23. The lowest BCUT2D eigenvalue weighted by molar-refractivity contribution is 0.325. The fourth-order valence-electron chi connectivity index (χ4n) is 2.30. The molecule has 0 fully saturated rings. The van der Waals surface area contributed by atoms with Crippen LogP contribution in [0.15, 0.2) is 29.1 Å². The number of benzene rings is 1. The molecule has 1 aromatic carbocycles. The monoisotopic (exact) mass is 304 g/mol. The van der Waals surface area contributed by atoms with Gasteiger partial charge in [0.05, 0.1) is 27.0 Å². The van der Waals surface area contributed by atoms with Gasteiger partial charge in [0.25, 0.3) is 5.56 Å². The van der Waals surface area contributed by atoms with Crippen LogP contribution in [0.3, 0.4) is 0 Å². The number of hydrogen-bond donors (Lipinski definition) is 2. The van der Waals surface area contributed by atoms with Gasteiger partial charge in [0, 0.05) is 17.7 Å². The lowest BCUT2D eigenvalue weighted by Crippen LogP contribution is -2.18. The highest BCUT2D eigenvalue weighted by Crippen LogP contribution is 2.43. The van der Waals surface area contributed by atoms with Crippen molar-refractivity contribution in [1.82, 2.24) is 10.3 Å². The SMILES string of the molecule is CNCc1ccc(-c2ccc(OC)c(OC)c2OC)[nH]c1=O. The molecule has 0 spiro atoms. The van der Waals surface area contributed by atoms with Crippen molar-refractivity contribution in [2.45, 2.75) is 6.54 Å². The molecule has 0 unspecified atom stereocenters. The highest BCUT2D eigenvalue weighted by atomic mass is 16.5. The molecule has 1 heterocycles. The largest absolute Gasteiger partial charge is 0.493 e. The van der Waals surface area contributed by atoms with E-state index in [-0.39, 0.29) is 5.56 Å². The Kier molecular flexibility index (Phi) is 5.06. The highest BCUT2D eigenvalue weighted by molar-refractivity contribution is 5.74. The molecule has 0 amide bonds. The molecule has 6 heteroatoms. The Morgan fingerprint density at radius 2 is 1.73 bits per heavy atom. The average Bonchev–Trinajstić information content (AvgIpc) is 2.55. The smallest absolute Gasteiger partial charge is 0.252 e. The zero-order valence-corrected chi connectivity index (χ0v) is 13.1.